The zero-order valence-electron chi connectivity index (χ0n) is 13.4. The topological polar surface area (TPSA) is 21.7 Å². The second kappa shape index (κ2) is 9.73. The number of nitrogens with zero attached hydrogens (tertiary/aromatic N) is 1. The largest absolute Gasteiger partial charge is 0.380 e. The number of rotatable bonds is 9. The summed E-state index contributed by atoms with van der Waals surface area (Å²) in [4.78, 5) is 2.49. The first-order valence-electron chi connectivity index (χ1n) is 7.99. The molecule has 1 rings (SSSR count). The van der Waals surface area contributed by atoms with E-state index in [4.69, 9.17) is 9.47 Å². The number of ether oxygens (including phenoxy) is 2. The third-order valence-electron chi connectivity index (χ3n) is 3.53. The van der Waals surface area contributed by atoms with Gasteiger partial charge in [0.05, 0.1) is 19.3 Å². The van der Waals surface area contributed by atoms with Gasteiger partial charge >= 0.3 is 0 Å². The number of hydrogen-bond donors (Lipinski definition) is 0. The average molecular weight is 271 g/mol. The number of hydrogen-bond acceptors (Lipinski definition) is 3. The Morgan fingerprint density at radius 3 is 2.68 bits per heavy atom. The molecule has 0 aromatic rings. The van der Waals surface area contributed by atoms with Crippen LogP contribution in [0.15, 0.2) is 0 Å². The maximum atomic E-state index is 5.85. The summed E-state index contributed by atoms with van der Waals surface area (Å²) in [5, 5.41) is 0. The van der Waals surface area contributed by atoms with E-state index < -0.39 is 0 Å². The van der Waals surface area contributed by atoms with Crippen molar-refractivity contribution in [3.05, 3.63) is 0 Å². The first-order chi connectivity index (χ1) is 9.08. The van der Waals surface area contributed by atoms with Crippen LogP contribution in [-0.2, 0) is 9.47 Å². The second-order valence-corrected chi connectivity index (χ2v) is 6.59. The third-order valence-corrected chi connectivity index (χ3v) is 3.53. The van der Waals surface area contributed by atoms with Crippen molar-refractivity contribution >= 4 is 0 Å². The molecular formula is C16H33NO2. The van der Waals surface area contributed by atoms with E-state index >= 15 is 0 Å². The molecule has 1 aliphatic rings. The van der Waals surface area contributed by atoms with E-state index in [0.29, 0.717) is 12.0 Å². The minimum atomic E-state index is 0.442. The summed E-state index contributed by atoms with van der Waals surface area (Å²) in [7, 11) is 0. The summed E-state index contributed by atoms with van der Waals surface area (Å²) in [6.07, 6.45) is 4.26. The van der Waals surface area contributed by atoms with E-state index in [1.165, 1.54) is 19.3 Å². The zero-order valence-corrected chi connectivity index (χ0v) is 13.4. The van der Waals surface area contributed by atoms with Gasteiger partial charge < -0.3 is 9.47 Å². The van der Waals surface area contributed by atoms with Crippen molar-refractivity contribution < 1.29 is 9.47 Å². The van der Waals surface area contributed by atoms with Gasteiger partial charge in [0.2, 0.25) is 0 Å². The van der Waals surface area contributed by atoms with Crippen LogP contribution in [0.1, 0.15) is 47.0 Å². The fourth-order valence-electron chi connectivity index (χ4n) is 2.42. The molecule has 1 unspecified atom stereocenters. The summed E-state index contributed by atoms with van der Waals surface area (Å²) < 4.78 is 11.5. The smallest absolute Gasteiger partial charge is 0.0702 e. The Morgan fingerprint density at radius 1 is 1.21 bits per heavy atom. The van der Waals surface area contributed by atoms with Crippen molar-refractivity contribution in [1.29, 1.82) is 0 Å². The van der Waals surface area contributed by atoms with E-state index in [-0.39, 0.29) is 0 Å². The Hall–Kier alpha value is -0.120. The van der Waals surface area contributed by atoms with Crippen LogP contribution in [0.25, 0.3) is 0 Å². The molecular weight excluding hydrogens is 238 g/mol. The van der Waals surface area contributed by atoms with E-state index in [0.717, 1.165) is 45.4 Å². The minimum Gasteiger partial charge on any atom is -0.380 e. The molecule has 0 amide bonds. The van der Waals surface area contributed by atoms with Gasteiger partial charge in [-0.25, -0.2) is 0 Å². The van der Waals surface area contributed by atoms with E-state index in [1.807, 2.05) is 0 Å². The summed E-state index contributed by atoms with van der Waals surface area (Å²) in [6, 6.07) is 0. The molecule has 19 heavy (non-hydrogen) atoms. The predicted molar refractivity (Wildman–Crippen MR) is 80.5 cm³/mol. The van der Waals surface area contributed by atoms with Crippen molar-refractivity contribution in [3.63, 3.8) is 0 Å². The molecule has 1 aliphatic heterocycles. The lowest BCUT2D eigenvalue weighted by molar-refractivity contribution is -0.0413. The normalized spacial score (nSPS) is 21.5. The van der Waals surface area contributed by atoms with E-state index in [2.05, 4.69) is 32.6 Å². The molecule has 0 aromatic carbocycles. The van der Waals surface area contributed by atoms with Crippen LogP contribution in [0.2, 0.25) is 0 Å². The molecule has 1 fully saturated rings. The van der Waals surface area contributed by atoms with Crippen LogP contribution in [0.4, 0.5) is 0 Å². The summed E-state index contributed by atoms with van der Waals surface area (Å²) in [5.74, 6) is 1.44. The van der Waals surface area contributed by atoms with Gasteiger partial charge in [0.25, 0.3) is 0 Å². The molecule has 0 bridgehead atoms. The molecule has 3 heteroatoms. The van der Waals surface area contributed by atoms with Crippen LogP contribution in [0.5, 0.6) is 0 Å². The van der Waals surface area contributed by atoms with E-state index in [9.17, 15) is 0 Å². The number of morpholine rings is 1. The molecule has 1 saturated heterocycles. The standard InChI is InChI=1S/C16H33NO2/c1-14(2)6-5-7-16-12-17(9-11-19-16)8-10-18-13-15(3)4/h14-16H,5-13H2,1-4H3. The van der Waals surface area contributed by atoms with Gasteiger partial charge in [-0.1, -0.05) is 40.5 Å². The average Bonchev–Trinajstić information content (AvgIpc) is 2.34. The van der Waals surface area contributed by atoms with Gasteiger partial charge in [0.15, 0.2) is 0 Å². The molecule has 114 valence electrons. The van der Waals surface area contributed by atoms with Gasteiger partial charge in [-0.3, -0.25) is 4.90 Å². The van der Waals surface area contributed by atoms with E-state index in [1.54, 1.807) is 0 Å². The molecule has 0 spiro atoms. The zero-order chi connectivity index (χ0) is 14.1. The van der Waals surface area contributed by atoms with Crippen LogP contribution in [-0.4, -0.2) is 50.5 Å². The van der Waals surface area contributed by atoms with Crippen molar-refractivity contribution in [1.82, 2.24) is 4.90 Å². The molecule has 0 aliphatic carbocycles. The minimum absolute atomic E-state index is 0.442. The van der Waals surface area contributed by atoms with Crippen LogP contribution >= 0.6 is 0 Å². The van der Waals surface area contributed by atoms with Gasteiger partial charge in [0, 0.05) is 26.2 Å². The monoisotopic (exact) mass is 271 g/mol. The Balaban J connectivity index is 2.08. The van der Waals surface area contributed by atoms with Crippen LogP contribution in [0, 0.1) is 11.8 Å². The summed E-state index contributed by atoms with van der Waals surface area (Å²) >= 11 is 0. The maximum Gasteiger partial charge on any atom is 0.0702 e. The van der Waals surface area contributed by atoms with Gasteiger partial charge in [0.1, 0.15) is 0 Å². The second-order valence-electron chi connectivity index (χ2n) is 6.59. The summed E-state index contributed by atoms with van der Waals surface area (Å²) in [5.41, 5.74) is 0. The lowest BCUT2D eigenvalue weighted by Gasteiger charge is -2.33. The van der Waals surface area contributed by atoms with Crippen molar-refractivity contribution in [2.75, 3.05) is 39.5 Å². The molecule has 0 radical (unpaired) electrons. The predicted octanol–water partition coefficient (Wildman–Crippen LogP) is 3.19. The van der Waals surface area contributed by atoms with Gasteiger partial charge in [-0.2, -0.15) is 0 Å². The highest BCUT2D eigenvalue weighted by atomic mass is 16.5. The fraction of sp³-hybridized carbons (Fsp3) is 1.00. The first-order valence-corrected chi connectivity index (χ1v) is 7.99. The van der Waals surface area contributed by atoms with Crippen molar-refractivity contribution in [2.45, 2.75) is 53.1 Å². The van der Waals surface area contributed by atoms with Gasteiger partial charge in [-0.15, -0.1) is 0 Å². The fourth-order valence-corrected chi connectivity index (χ4v) is 2.42. The van der Waals surface area contributed by atoms with Crippen molar-refractivity contribution in [3.8, 4) is 0 Å². The third kappa shape index (κ3) is 8.61. The van der Waals surface area contributed by atoms with Crippen LogP contribution in [0.3, 0.4) is 0 Å². The summed E-state index contributed by atoms with van der Waals surface area (Å²) in [6.45, 7) is 14.8. The Morgan fingerprint density at radius 2 is 2.00 bits per heavy atom. The molecule has 1 atom stereocenters. The Labute approximate surface area is 119 Å². The molecule has 0 aromatic heterocycles. The first kappa shape index (κ1) is 16.9. The quantitative estimate of drug-likeness (QED) is 0.601. The molecule has 0 N–H and O–H groups in total. The highest BCUT2D eigenvalue weighted by Crippen LogP contribution is 2.14. The lowest BCUT2D eigenvalue weighted by atomic mass is 10.0. The van der Waals surface area contributed by atoms with Crippen molar-refractivity contribution in [2.24, 2.45) is 11.8 Å². The highest BCUT2D eigenvalue weighted by molar-refractivity contribution is 4.71. The Kier molecular flexibility index (Phi) is 8.67. The maximum absolute atomic E-state index is 5.85. The SMILES string of the molecule is CC(C)CCCC1CN(CCOCC(C)C)CCO1. The Bertz CT molecular complexity index is 219. The van der Waals surface area contributed by atoms with Crippen LogP contribution < -0.4 is 0 Å². The highest BCUT2D eigenvalue weighted by Gasteiger charge is 2.19. The molecule has 1 heterocycles. The lowest BCUT2D eigenvalue weighted by Crippen LogP contribution is -2.43. The van der Waals surface area contributed by atoms with Gasteiger partial charge in [-0.05, 0) is 18.3 Å². The molecule has 3 nitrogen and oxygen atoms in total. The molecule has 0 saturated carbocycles.